The highest BCUT2D eigenvalue weighted by atomic mass is 16.6. The Labute approximate surface area is 102 Å². The molecule has 0 aromatic rings. The predicted octanol–water partition coefficient (Wildman–Crippen LogP) is 1.69. The minimum atomic E-state index is -1.19. The Morgan fingerprint density at radius 1 is 0.824 bits per heavy atom. The van der Waals surface area contributed by atoms with Crippen molar-refractivity contribution < 1.29 is 23.8 Å². The molecule has 0 saturated heterocycles. The number of carbonyl (C=O) groups is 2. The summed E-state index contributed by atoms with van der Waals surface area (Å²) in [6, 6.07) is 0. The van der Waals surface area contributed by atoms with Gasteiger partial charge in [-0.2, -0.15) is 0 Å². The lowest BCUT2D eigenvalue weighted by Crippen LogP contribution is -2.48. The average Bonchev–Trinajstić information content (AvgIpc) is 2.16. The van der Waals surface area contributed by atoms with E-state index in [1.54, 1.807) is 41.5 Å². The Hall–Kier alpha value is -1.10. The zero-order chi connectivity index (χ0) is 13.7. The van der Waals surface area contributed by atoms with Crippen LogP contribution in [0.1, 0.15) is 41.5 Å². The Bertz CT molecular complexity index is 253. The number of carbonyl (C=O) groups excluding carboxylic acids is 2. The number of ether oxygens (including phenoxy) is 3. The van der Waals surface area contributed by atoms with Gasteiger partial charge in [-0.25, -0.2) is 9.59 Å². The van der Waals surface area contributed by atoms with Gasteiger partial charge in [-0.15, -0.1) is 0 Å². The van der Waals surface area contributed by atoms with Crippen molar-refractivity contribution >= 4 is 11.9 Å². The van der Waals surface area contributed by atoms with Gasteiger partial charge in [-0.3, -0.25) is 0 Å². The van der Waals surface area contributed by atoms with E-state index in [4.69, 9.17) is 14.2 Å². The summed E-state index contributed by atoms with van der Waals surface area (Å²) in [6.07, 6.45) is 0. The third-order valence-electron chi connectivity index (χ3n) is 2.04. The summed E-state index contributed by atoms with van der Waals surface area (Å²) in [7, 11) is 0. The molecule has 0 aliphatic rings. The molecule has 0 atom stereocenters. The van der Waals surface area contributed by atoms with Gasteiger partial charge in [0.15, 0.2) is 11.2 Å². The second kappa shape index (κ2) is 6.00. The van der Waals surface area contributed by atoms with Crippen molar-refractivity contribution in [2.45, 2.75) is 52.7 Å². The first-order valence-electron chi connectivity index (χ1n) is 5.72. The van der Waals surface area contributed by atoms with E-state index in [1.165, 1.54) is 0 Å². The van der Waals surface area contributed by atoms with E-state index in [9.17, 15) is 9.59 Å². The second-order valence-corrected chi connectivity index (χ2v) is 4.56. The van der Waals surface area contributed by atoms with Gasteiger partial charge >= 0.3 is 11.9 Å². The van der Waals surface area contributed by atoms with E-state index in [1.807, 2.05) is 0 Å². The summed E-state index contributed by atoms with van der Waals surface area (Å²) in [4.78, 5) is 23.2. The highest BCUT2D eigenvalue weighted by Crippen LogP contribution is 2.23. The smallest absolute Gasteiger partial charge is 0.337 e. The molecule has 0 aromatic carbocycles. The van der Waals surface area contributed by atoms with Crippen LogP contribution in [0.4, 0.5) is 0 Å². The largest absolute Gasteiger partial charge is 0.464 e. The minimum absolute atomic E-state index is 0.269. The van der Waals surface area contributed by atoms with Crippen molar-refractivity contribution in [3.8, 4) is 0 Å². The van der Waals surface area contributed by atoms with Crippen LogP contribution in [0.3, 0.4) is 0 Å². The Morgan fingerprint density at radius 2 is 1.12 bits per heavy atom. The fourth-order valence-electron chi connectivity index (χ4n) is 1.33. The lowest BCUT2D eigenvalue weighted by Gasteiger charge is -2.32. The SMILES string of the molecule is CCOC(=O)C(C)(C)OC(C)(C)C(=O)OCC. The first-order valence-corrected chi connectivity index (χ1v) is 5.72. The molecule has 0 spiro atoms. The summed E-state index contributed by atoms with van der Waals surface area (Å²) in [5.74, 6) is -1.00. The van der Waals surface area contributed by atoms with Gasteiger partial charge < -0.3 is 14.2 Å². The monoisotopic (exact) mass is 246 g/mol. The van der Waals surface area contributed by atoms with Crippen molar-refractivity contribution in [2.24, 2.45) is 0 Å². The lowest BCUT2D eigenvalue weighted by molar-refractivity contribution is -0.198. The van der Waals surface area contributed by atoms with Gasteiger partial charge in [0.05, 0.1) is 13.2 Å². The Balaban J connectivity index is 4.68. The van der Waals surface area contributed by atoms with E-state index in [0.29, 0.717) is 0 Å². The fraction of sp³-hybridized carbons (Fsp3) is 0.833. The van der Waals surface area contributed by atoms with Gasteiger partial charge in [-0.05, 0) is 41.5 Å². The molecular weight excluding hydrogens is 224 g/mol. The van der Waals surface area contributed by atoms with Gasteiger partial charge in [0.25, 0.3) is 0 Å². The average molecular weight is 246 g/mol. The molecule has 100 valence electrons. The lowest BCUT2D eigenvalue weighted by atomic mass is 10.1. The van der Waals surface area contributed by atoms with Crippen molar-refractivity contribution in [1.29, 1.82) is 0 Å². The fourth-order valence-corrected chi connectivity index (χ4v) is 1.33. The molecule has 5 heteroatoms. The van der Waals surface area contributed by atoms with E-state index in [2.05, 4.69) is 0 Å². The second-order valence-electron chi connectivity index (χ2n) is 4.56. The van der Waals surface area contributed by atoms with Gasteiger partial charge in [-0.1, -0.05) is 0 Å². The Morgan fingerprint density at radius 3 is 1.35 bits per heavy atom. The van der Waals surface area contributed by atoms with Gasteiger partial charge in [0.1, 0.15) is 0 Å². The number of hydrogen-bond donors (Lipinski definition) is 0. The topological polar surface area (TPSA) is 61.8 Å². The molecule has 0 aromatic heterocycles. The van der Waals surface area contributed by atoms with Gasteiger partial charge in [0.2, 0.25) is 0 Å². The zero-order valence-electron chi connectivity index (χ0n) is 11.5. The van der Waals surface area contributed by atoms with Crippen LogP contribution in [0.5, 0.6) is 0 Å². The summed E-state index contributed by atoms with van der Waals surface area (Å²) in [5.41, 5.74) is -2.38. The van der Waals surface area contributed by atoms with E-state index >= 15 is 0 Å². The molecule has 17 heavy (non-hydrogen) atoms. The highest BCUT2D eigenvalue weighted by Gasteiger charge is 2.41. The van der Waals surface area contributed by atoms with Crippen LogP contribution in [-0.4, -0.2) is 36.4 Å². The molecule has 0 bridgehead atoms. The van der Waals surface area contributed by atoms with E-state index in [-0.39, 0.29) is 13.2 Å². The van der Waals surface area contributed by atoms with Crippen molar-refractivity contribution in [2.75, 3.05) is 13.2 Å². The van der Waals surface area contributed by atoms with Crippen LogP contribution in [0, 0.1) is 0 Å². The molecule has 0 unspecified atom stereocenters. The molecule has 5 nitrogen and oxygen atoms in total. The van der Waals surface area contributed by atoms with Crippen LogP contribution >= 0.6 is 0 Å². The van der Waals surface area contributed by atoms with Crippen LogP contribution < -0.4 is 0 Å². The third-order valence-corrected chi connectivity index (χ3v) is 2.04. The molecule has 0 aliphatic carbocycles. The molecule has 0 fully saturated rings. The van der Waals surface area contributed by atoms with Crippen LogP contribution in [-0.2, 0) is 23.8 Å². The highest BCUT2D eigenvalue weighted by molar-refractivity contribution is 5.82. The summed E-state index contributed by atoms with van der Waals surface area (Å²) in [6.45, 7) is 10.2. The number of rotatable bonds is 6. The maximum absolute atomic E-state index is 11.6. The molecule has 0 heterocycles. The third kappa shape index (κ3) is 4.73. The minimum Gasteiger partial charge on any atom is -0.464 e. The quantitative estimate of drug-likeness (QED) is 0.667. The first kappa shape index (κ1) is 15.9. The zero-order valence-corrected chi connectivity index (χ0v) is 11.5. The van der Waals surface area contributed by atoms with Crippen LogP contribution in [0.25, 0.3) is 0 Å². The summed E-state index contributed by atoms with van der Waals surface area (Å²) in [5, 5.41) is 0. The van der Waals surface area contributed by atoms with E-state index < -0.39 is 23.1 Å². The number of esters is 2. The van der Waals surface area contributed by atoms with Crippen LogP contribution in [0.15, 0.2) is 0 Å². The standard InChI is InChI=1S/C12H22O5/c1-7-15-9(13)11(3,4)17-12(5,6)10(14)16-8-2/h7-8H2,1-6H3. The maximum Gasteiger partial charge on any atom is 0.337 e. The van der Waals surface area contributed by atoms with Gasteiger partial charge in [0, 0.05) is 0 Å². The van der Waals surface area contributed by atoms with Crippen molar-refractivity contribution in [3.05, 3.63) is 0 Å². The van der Waals surface area contributed by atoms with Crippen molar-refractivity contribution in [1.82, 2.24) is 0 Å². The number of hydrogen-bond acceptors (Lipinski definition) is 5. The Kier molecular flexibility index (Phi) is 5.61. The molecule has 0 rings (SSSR count). The summed E-state index contributed by atoms with van der Waals surface area (Å²) >= 11 is 0. The molecule has 0 N–H and O–H groups in total. The van der Waals surface area contributed by atoms with E-state index in [0.717, 1.165) is 0 Å². The predicted molar refractivity (Wildman–Crippen MR) is 62.5 cm³/mol. The molecule has 0 radical (unpaired) electrons. The molecular formula is C12H22O5. The van der Waals surface area contributed by atoms with Crippen LogP contribution in [0.2, 0.25) is 0 Å². The van der Waals surface area contributed by atoms with Crippen molar-refractivity contribution in [3.63, 3.8) is 0 Å². The molecule has 0 aliphatic heterocycles. The molecule has 0 saturated carbocycles. The maximum atomic E-state index is 11.6. The first-order chi connectivity index (χ1) is 7.67. The molecule has 0 amide bonds. The normalized spacial score (nSPS) is 12.1. The summed E-state index contributed by atoms with van der Waals surface area (Å²) < 4.78 is 15.3.